The monoisotopic (exact) mass is 530 g/mol. The van der Waals surface area contributed by atoms with E-state index in [4.69, 9.17) is 9.72 Å². The van der Waals surface area contributed by atoms with E-state index in [9.17, 15) is 8.42 Å². The number of fused-ring (bicyclic) bond motifs is 1. The molecule has 0 saturated carbocycles. The normalized spacial score (nSPS) is 17.3. The molecule has 11 heteroatoms. The van der Waals surface area contributed by atoms with Gasteiger partial charge in [-0.2, -0.15) is 4.31 Å². The van der Waals surface area contributed by atoms with Crippen LogP contribution in [0.1, 0.15) is 20.3 Å². The smallest absolute Gasteiger partial charge is 0.214 e. The molecule has 1 unspecified atom stereocenters. The van der Waals surface area contributed by atoms with Crippen LogP contribution in [-0.4, -0.2) is 71.8 Å². The largest absolute Gasteiger partial charge is 0.365 e. The highest BCUT2D eigenvalue weighted by Crippen LogP contribution is 2.28. The Morgan fingerprint density at radius 3 is 2.78 bits per heavy atom. The van der Waals surface area contributed by atoms with Gasteiger partial charge >= 0.3 is 0 Å². The Labute approximate surface area is 215 Å². The molecule has 0 radical (unpaired) electrons. The third kappa shape index (κ3) is 6.70. The van der Waals surface area contributed by atoms with Crippen LogP contribution in [0, 0.1) is 5.92 Å². The van der Waals surface area contributed by atoms with E-state index in [2.05, 4.69) is 34.9 Å². The van der Waals surface area contributed by atoms with Gasteiger partial charge in [-0.25, -0.2) is 23.4 Å². The predicted octanol–water partition coefficient (Wildman–Crippen LogP) is 4.28. The van der Waals surface area contributed by atoms with Gasteiger partial charge in [-0.3, -0.25) is 0 Å². The first kappa shape index (κ1) is 26.7. The van der Waals surface area contributed by atoms with Crippen molar-refractivity contribution in [2.24, 2.45) is 5.92 Å². The topological polar surface area (TPSA) is 102 Å². The van der Waals surface area contributed by atoms with Gasteiger partial charge < -0.3 is 14.6 Å². The summed E-state index contributed by atoms with van der Waals surface area (Å²) in [4.78, 5) is 14.1. The lowest BCUT2D eigenvalue weighted by Gasteiger charge is -2.19. The number of nitrogens with one attached hydrogen (secondary N) is 1. The molecular weight excluding hydrogens is 492 g/mol. The molecule has 0 spiro atoms. The molecule has 4 rings (SSSR count). The van der Waals surface area contributed by atoms with Crippen LogP contribution in [0.5, 0.6) is 0 Å². The fourth-order valence-corrected chi connectivity index (χ4v) is 6.88. The molecule has 1 saturated heterocycles. The Balaban J connectivity index is 1.46. The fourth-order valence-electron chi connectivity index (χ4n) is 4.28. The molecule has 0 bridgehead atoms. The molecule has 0 amide bonds. The number of hydrogen-bond acceptors (Lipinski definition) is 7. The summed E-state index contributed by atoms with van der Waals surface area (Å²) >= 11 is 0. The van der Waals surface area contributed by atoms with Crippen molar-refractivity contribution in [2.75, 3.05) is 30.8 Å². The maximum Gasteiger partial charge on any atom is 0.214 e. The molecule has 3 aromatic heterocycles. The van der Waals surface area contributed by atoms with E-state index in [1.165, 1.54) is 0 Å². The van der Waals surface area contributed by atoms with Crippen molar-refractivity contribution in [3.63, 3.8) is 0 Å². The van der Waals surface area contributed by atoms with Crippen molar-refractivity contribution < 1.29 is 13.2 Å². The third-order valence-electron chi connectivity index (χ3n) is 6.20. The number of sulfonamides is 1. The Morgan fingerprint density at radius 1 is 1.22 bits per heavy atom. The van der Waals surface area contributed by atoms with E-state index in [1.807, 2.05) is 42.8 Å². The minimum atomic E-state index is -3.24. The molecule has 36 heavy (non-hydrogen) atoms. The first-order valence-electron chi connectivity index (χ1n) is 12.6. The SMILES string of the molecule is CC(C)CS(=O)(=O)N1CCC(Nc2ncccc2-c2cnc3c(ccn3COCC[Si](C)(C)C)n2)C1. The number of ether oxygens (including phenoxy) is 1. The van der Waals surface area contributed by atoms with Crippen LogP contribution in [-0.2, 0) is 21.5 Å². The number of aromatic nitrogens is 4. The van der Waals surface area contributed by atoms with Crippen LogP contribution in [0.4, 0.5) is 5.82 Å². The lowest BCUT2D eigenvalue weighted by molar-refractivity contribution is 0.0899. The lowest BCUT2D eigenvalue weighted by Crippen LogP contribution is -2.34. The second kappa shape index (κ2) is 11.0. The summed E-state index contributed by atoms with van der Waals surface area (Å²) in [6.07, 6.45) is 6.18. The minimum absolute atomic E-state index is 0.00771. The van der Waals surface area contributed by atoms with Crippen molar-refractivity contribution in [1.29, 1.82) is 0 Å². The predicted molar refractivity (Wildman–Crippen MR) is 147 cm³/mol. The van der Waals surface area contributed by atoms with Crippen molar-refractivity contribution in [3.8, 4) is 11.3 Å². The molecule has 0 aliphatic carbocycles. The van der Waals surface area contributed by atoms with Gasteiger partial charge in [0.2, 0.25) is 10.0 Å². The van der Waals surface area contributed by atoms with E-state index in [1.54, 1.807) is 16.7 Å². The van der Waals surface area contributed by atoms with Gasteiger partial charge in [0.25, 0.3) is 0 Å². The number of pyridine rings is 1. The molecular formula is C25H38N6O3SSi. The number of hydrogen-bond donors (Lipinski definition) is 1. The highest BCUT2D eigenvalue weighted by Gasteiger charge is 2.32. The van der Waals surface area contributed by atoms with Crippen molar-refractivity contribution in [1.82, 2.24) is 23.8 Å². The van der Waals surface area contributed by atoms with Gasteiger partial charge in [-0.1, -0.05) is 33.5 Å². The van der Waals surface area contributed by atoms with Crippen LogP contribution >= 0.6 is 0 Å². The maximum absolute atomic E-state index is 12.6. The zero-order valence-electron chi connectivity index (χ0n) is 21.9. The maximum atomic E-state index is 12.6. The number of rotatable bonds is 11. The molecule has 1 fully saturated rings. The minimum Gasteiger partial charge on any atom is -0.365 e. The van der Waals surface area contributed by atoms with Crippen LogP contribution in [0.15, 0.2) is 36.8 Å². The van der Waals surface area contributed by atoms with Crippen LogP contribution in [0.3, 0.4) is 0 Å². The van der Waals surface area contributed by atoms with Gasteiger partial charge in [-0.15, -0.1) is 0 Å². The Kier molecular flexibility index (Phi) is 8.13. The molecule has 9 nitrogen and oxygen atoms in total. The zero-order chi connectivity index (χ0) is 25.9. The second-order valence-electron chi connectivity index (χ2n) is 11.2. The van der Waals surface area contributed by atoms with Crippen molar-refractivity contribution >= 4 is 35.1 Å². The van der Waals surface area contributed by atoms with E-state index >= 15 is 0 Å². The Hall–Kier alpha value is -2.34. The average Bonchev–Trinajstić information content (AvgIpc) is 3.43. The molecule has 1 aliphatic heterocycles. The summed E-state index contributed by atoms with van der Waals surface area (Å²) in [5.41, 5.74) is 3.14. The first-order chi connectivity index (χ1) is 17.0. The molecule has 1 N–H and O–H groups in total. The first-order valence-corrected chi connectivity index (χ1v) is 17.9. The molecule has 0 aromatic carbocycles. The van der Waals surface area contributed by atoms with Gasteiger partial charge in [0.1, 0.15) is 18.1 Å². The summed E-state index contributed by atoms with van der Waals surface area (Å²) in [5.74, 6) is 0.963. The molecule has 1 atom stereocenters. The molecule has 196 valence electrons. The summed E-state index contributed by atoms with van der Waals surface area (Å²) in [5, 5.41) is 3.46. The summed E-state index contributed by atoms with van der Waals surface area (Å²) in [7, 11) is -4.37. The van der Waals surface area contributed by atoms with Gasteiger partial charge in [0.05, 0.1) is 17.6 Å². The van der Waals surface area contributed by atoms with Crippen molar-refractivity contribution in [2.45, 2.75) is 58.7 Å². The van der Waals surface area contributed by atoms with Gasteiger partial charge in [0, 0.05) is 51.8 Å². The fraction of sp³-hybridized carbons (Fsp3) is 0.560. The Bertz CT molecular complexity index is 1290. The van der Waals surface area contributed by atoms with Gasteiger partial charge in [-0.05, 0) is 36.6 Å². The van der Waals surface area contributed by atoms with E-state index < -0.39 is 18.1 Å². The summed E-state index contributed by atoms with van der Waals surface area (Å²) < 4.78 is 34.7. The van der Waals surface area contributed by atoms with Crippen LogP contribution in [0.25, 0.3) is 22.4 Å². The van der Waals surface area contributed by atoms with E-state index in [-0.39, 0.29) is 17.7 Å². The van der Waals surface area contributed by atoms with Crippen LogP contribution < -0.4 is 5.32 Å². The molecule has 3 aromatic rings. The quantitative estimate of drug-likeness (QED) is 0.292. The Morgan fingerprint density at radius 2 is 2.03 bits per heavy atom. The average molecular weight is 531 g/mol. The standard InChI is InChI=1S/C25H38N6O3SSi/c1-19(2)17-35(32,33)31-12-8-20(16-31)28-24-21(7-6-10-26-24)23-15-27-25-22(29-23)9-11-30(25)18-34-13-14-36(3,4)5/h6-7,9-11,15,19-20H,8,12-14,16-18H2,1-5H3,(H,26,28). The van der Waals surface area contributed by atoms with E-state index in [0.717, 1.165) is 41.5 Å². The third-order valence-corrected chi connectivity index (χ3v) is 10.1. The number of nitrogens with zero attached hydrogens (tertiary/aromatic N) is 5. The highest BCUT2D eigenvalue weighted by molar-refractivity contribution is 7.89. The van der Waals surface area contributed by atoms with Crippen molar-refractivity contribution in [3.05, 3.63) is 36.8 Å². The lowest BCUT2D eigenvalue weighted by atomic mass is 10.1. The highest BCUT2D eigenvalue weighted by atomic mass is 32.2. The van der Waals surface area contributed by atoms with Crippen LogP contribution in [0.2, 0.25) is 25.7 Å². The van der Waals surface area contributed by atoms with Gasteiger partial charge in [0.15, 0.2) is 5.65 Å². The van der Waals surface area contributed by atoms with E-state index in [0.29, 0.717) is 25.6 Å². The zero-order valence-corrected chi connectivity index (χ0v) is 23.8. The summed E-state index contributed by atoms with van der Waals surface area (Å²) in [6.45, 7) is 13.1. The molecule has 1 aliphatic rings. The summed E-state index contributed by atoms with van der Waals surface area (Å²) in [6, 6.07) is 6.90. The molecule has 4 heterocycles. The number of anilines is 1. The second-order valence-corrected chi connectivity index (χ2v) is 18.8.